The van der Waals surface area contributed by atoms with Crippen LogP contribution in [0.25, 0.3) is 6.08 Å². The molecule has 0 saturated heterocycles. The summed E-state index contributed by atoms with van der Waals surface area (Å²) < 4.78 is 16.1. The number of aliphatic imine (C=N–C) groups is 1. The highest BCUT2D eigenvalue weighted by atomic mass is 16.5. The summed E-state index contributed by atoms with van der Waals surface area (Å²) in [5.41, 5.74) is 1.11. The van der Waals surface area contributed by atoms with Crippen LogP contribution in [0.15, 0.2) is 59.2 Å². The molecule has 0 aromatic heterocycles. The van der Waals surface area contributed by atoms with Crippen molar-refractivity contribution < 1.29 is 19.0 Å². The van der Waals surface area contributed by atoms with Crippen molar-refractivity contribution in [3.8, 4) is 17.2 Å². The lowest BCUT2D eigenvalue weighted by Gasteiger charge is -2.07. The predicted molar refractivity (Wildman–Crippen MR) is 95.0 cm³/mol. The number of carbonyl (C=O) groups is 1. The molecule has 25 heavy (non-hydrogen) atoms. The molecule has 0 aliphatic carbocycles. The van der Waals surface area contributed by atoms with Crippen LogP contribution in [0.3, 0.4) is 0 Å². The summed E-state index contributed by atoms with van der Waals surface area (Å²) in [5, 5.41) is 2.71. The molecule has 1 N–H and O–H groups in total. The number of hydrogen-bond donors (Lipinski definition) is 1. The van der Waals surface area contributed by atoms with Crippen LogP contribution in [0.4, 0.5) is 0 Å². The van der Waals surface area contributed by atoms with E-state index in [0.717, 1.165) is 11.3 Å². The van der Waals surface area contributed by atoms with Crippen molar-refractivity contribution >= 4 is 17.8 Å². The van der Waals surface area contributed by atoms with Crippen LogP contribution >= 0.6 is 0 Å². The third kappa shape index (κ3) is 3.98. The number of benzene rings is 2. The smallest absolute Gasteiger partial charge is 0.275 e. The first kappa shape index (κ1) is 16.6. The van der Waals surface area contributed by atoms with Crippen LogP contribution in [0.2, 0.25) is 0 Å². The first-order valence-electron chi connectivity index (χ1n) is 7.70. The Bertz CT molecular complexity index is 829. The van der Waals surface area contributed by atoms with Crippen LogP contribution in [-0.4, -0.2) is 32.6 Å². The second kappa shape index (κ2) is 7.53. The molecule has 6 heteroatoms. The van der Waals surface area contributed by atoms with Gasteiger partial charge in [0.25, 0.3) is 5.91 Å². The fraction of sp³-hybridized carbons (Fsp3) is 0.158. The molecule has 0 radical (unpaired) electrons. The van der Waals surface area contributed by atoms with Gasteiger partial charge in [-0.2, -0.15) is 0 Å². The lowest BCUT2D eigenvalue weighted by Crippen LogP contribution is -2.28. The molecule has 1 heterocycles. The van der Waals surface area contributed by atoms with E-state index in [2.05, 4.69) is 10.3 Å². The van der Waals surface area contributed by atoms with E-state index in [4.69, 9.17) is 14.2 Å². The van der Waals surface area contributed by atoms with Gasteiger partial charge in [0.15, 0.2) is 11.5 Å². The quantitative estimate of drug-likeness (QED) is 0.822. The number of hydrogen-bond acceptors (Lipinski definition) is 5. The summed E-state index contributed by atoms with van der Waals surface area (Å²) in [6.07, 6.45) is 1.69. The minimum atomic E-state index is -0.263. The van der Waals surface area contributed by atoms with E-state index in [1.807, 2.05) is 36.4 Å². The SMILES string of the molecule is COc1ccc(/C=C2/N=C(COc3ccccc3)NC2=O)cc1OC. The predicted octanol–water partition coefficient (Wildman–Crippen LogP) is 2.65. The van der Waals surface area contributed by atoms with Crippen molar-refractivity contribution in [1.82, 2.24) is 5.32 Å². The van der Waals surface area contributed by atoms with Crippen LogP contribution in [0.5, 0.6) is 17.2 Å². The standard InChI is InChI=1S/C19H18N2O4/c1-23-16-9-8-13(11-17(16)24-2)10-15-19(22)21-18(20-15)12-25-14-6-4-3-5-7-14/h3-11H,12H2,1-2H3,(H,20,21,22)/b15-10+. The molecule has 0 fully saturated rings. The number of rotatable bonds is 6. The maximum atomic E-state index is 12.1. The number of methoxy groups -OCH3 is 2. The summed E-state index contributed by atoms with van der Waals surface area (Å²) in [6, 6.07) is 14.8. The largest absolute Gasteiger partial charge is 0.493 e. The number of nitrogens with one attached hydrogen (secondary N) is 1. The molecule has 3 rings (SSSR count). The van der Waals surface area contributed by atoms with Gasteiger partial charge in [-0.05, 0) is 35.9 Å². The summed E-state index contributed by atoms with van der Waals surface area (Å²) in [7, 11) is 3.14. The Kier molecular flexibility index (Phi) is 4.99. The fourth-order valence-corrected chi connectivity index (χ4v) is 2.35. The Labute approximate surface area is 145 Å². The van der Waals surface area contributed by atoms with Crippen molar-refractivity contribution in [3.63, 3.8) is 0 Å². The summed E-state index contributed by atoms with van der Waals surface area (Å²) in [4.78, 5) is 16.4. The van der Waals surface area contributed by atoms with Crippen molar-refractivity contribution in [2.24, 2.45) is 4.99 Å². The normalized spacial score (nSPS) is 14.9. The van der Waals surface area contributed by atoms with E-state index in [1.54, 1.807) is 32.4 Å². The van der Waals surface area contributed by atoms with Crippen molar-refractivity contribution in [3.05, 3.63) is 59.8 Å². The van der Waals surface area contributed by atoms with Gasteiger partial charge in [0, 0.05) is 0 Å². The molecule has 0 atom stereocenters. The van der Waals surface area contributed by atoms with Crippen molar-refractivity contribution in [2.45, 2.75) is 0 Å². The molecule has 6 nitrogen and oxygen atoms in total. The lowest BCUT2D eigenvalue weighted by atomic mass is 10.1. The third-order valence-electron chi connectivity index (χ3n) is 3.58. The van der Waals surface area contributed by atoms with E-state index in [-0.39, 0.29) is 12.5 Å². The van der Waals surface area contributed by atoms with E-state index in [9.17, 15) is 4.79 Å². The number of carbonyl (C=O) groups excluding carboxylic acids is 1. The highest BCUT2D eigenvalue weighted by molar-refractivity contribution is 6.14. The van der Waals surface area contributed by atoms with Crippen LogP contribution in [0, 0.1) is 0 Å². The van der Waals surface area contributed by atoms with Gasteiger partial charge < -0.3 is 19.5 Å². The fourth-order valence-electron chi connectivity index (χ4n) is 2.35. The maximum absolute atomic E-state index is 12.1. The van der Waals surface area contributed by atoms with E-state index < -0.39 is 0 Å². The van der Waals surface area contributed by atoms with Crippen LogP contribution < -0.4 is 19.5 Å². The van der Waals surface area contributed by atoms with Gasteiger partial charge in [0.05, 0.1) is 14.2 Å². The second-order valence-electron chi connectivity index (χ2n) is 5.26. The molecule has 1 aliphatic heterocycles. The number of para-hydroxylation sites is 1. The average Bonchev–Trinajstić information content (AvgIpc) is 3.00. The van der Waals surface area contributed by atoms with Crippen LogP contribution in [0.1, 0.15) is 5.56 Å². The molecule has 0 unspecified atom stereocenters. The van der Waals surface area contributed by atoms with Crippen LogP contribution in [-0.2, 0) is 4.79 Å². The van der Waals surface area contributed by atoms with Gasteiger partial charge >= 0.3 is 0 Å². The van der Waals surface area contributed by atoms with Gasteiger partial charge in [0.1, 0.15) is 23.9 Å². The Morgan fingerprint density at radius 3 is 2.52 bits per heavy atom. The molecule has 0 spiro atoms. The maximum Gasteiger partial charge on any atom is 0.275 e. The van der Waals surface area contributed by atoms with E-state index in [1.165, 1.54) is 0 Å². The van der Waals surface area contributed by atoms with Crippen molar-refractivity contribution in [1.29, 1.82) is 0 Å². The highest BCUT2D eigenvalue weighted by Crippen LogP contribution is 2.28. The minimum Gasteiger partial charge on any atom is -0.493 e. The van der Waals surface area contributed by atoms with Gasteiger partial charge in [-0.3, -0.25) is 4.79 Å². The lowest BCUT2D eigenvalue weighted by molar-refractivity contribution is -0.115. The molecular weight excluding hydrogens is 320 g/mol. The first-order valence-corrected chi connectivity index (χ1v) is 7.70. The van der Waals surface area contributed by atoms with E-state index >= 15 is 0 Å². The number of amidine groups is 1. The number of ether oxygens (including phenoxy) is 3. The highest BCUT2D eigenvalue weighted by Gasteiger charge is 2.20. The minimum absolute atomic E-state index is 0.193. The van der Waals surface area contributed by atoms with E-state index in [0.29, 0.717) is 23.0 Å². The zero-order valence-corrected chi connectivity index (χ0v) is 14.0. The molecule has 1 aliphatic rings. The molecule has 0 bridgehead atoms. The van der Waals surface area contributed by atoms with Crippen molar-refractivity contribution in [2.75, 3.05) is 20.8 Å². The van der Waals surface area contributed by atoms with Gasteiger partial charge in [0.2, 0.25) is 0 Å². The average molecular weight is 338 g/mol. The molecular formula is C19H18N2O4. The van der Waals surface area contributed by atoms with Gasteiger partial charge in [-0.25, -0.2) is 4.99 Å². The Balaban J connectivity index is 1.74. The second-order valence-corrected chi connectivity index (χ2v) is 5.26. The molecule has 1 amide bonds. The number of nitrogens with zero attached hydrogens (tertiary/aromatic N) is 1. The number of amides is 1. The zero-order chi connectivity index (χ0) is 17.6. The zero-order valence-electron chi connectivity index (χ0n) is 14.0. The Hall–Kier alpha value is -3.28. The first-order chi connectivity index (χ1) is 12.2. The molecule has 128 valence electrons. The summed E-state index contributed by atoms with van der Waals surface area (Å²) in [6.45, 7) is 0.193. The Morgan fingerprint density at radius 1 is 1.04 bits per heavy atom. The van der Waals surface area contributed by atoms with Gasteiger partial charge in [-0.15, -0.1) is 0 Å². The molecule has 2 aromatic carbocycles. The Morgan fingerprint density at radius 2 is 1.80 bits per heavy atom. The summed E-state index contributed by atoms with van der Waals surface area (Å²) in [5.74, 6) is 2.15. The van der Waals surface area contributed by atoms with Gasteiger partial charge in [-0.1, -0.05) is 24.3 Å². The summed E-state index contributed by atoms with van der Waals surface area (Å²) >= 11 is 0. The topological polar surface area (TPSA) is 69.2 Å². The molecule has 2 aromatic rings. The molecule has 0 saturated carbocycles. The monoisotopic (exact) mass is 338 g/mol. The third-order valence-corrected chi connectivity index (χ3v) is 3.58.